The zero-order chi connectivity index (χ0) is 20.5. The molecule has 0 saturated heterocycles. The number of benzene rings is 2. The Morgan fingerprint density at radius 2 is 1.87 bits per heavy atom. The van der Waals surface area contributed by atoms with E-state index in [1.54, 1.807) is 20.2 Å². The van der Waals surface area contributed by atoms with Gasteiger partial charge in [-0.2, -0.15) is 0 Å². The molecule has 0 saturated carbocycles. The van der Waals surface area contributed by atoms with Gasteiger partial charge in [0.1, 0.15) is 18.1 Å². The third-order valence-corrected chi connectivity index (χ3v) is 4.98. The first-order valence-electron chi connectivity index (χ1n) is 9.62. The third-order valence-electron chi connectivity index (χ3n) is 4.98. The van der Waals surface area contributed by atoms with E-state index < -0.39 is 0 Å². The van der Waals surface area contributed by atoms with Crippen molar-refractivity contribution in [2.75, 3.05) is 7.11 Å². The summed E-state index contributed by atoms with van der Waals surface area (Å²) in [5.74, 6) is 1.67. The lowest BCUT2D eigenvalue weighted by Gasteiger charge is -2.08. The zero-order valence-electron chi connectivity index (χ0n) is 16.7. The van der Waals surface area contributed by atoms with Crippen molar-refractivity contribution in [2.45, 2.75) is 20.1 Å². The van der Waals surface area contributed by atoms with E-state index in [1.165, 1.54) is 0 Å². The molecule has 0 bridgehead atoms. The molecule has 0 aliphatic heterocycles. The topological polar surface area (TPSA) is 86.1 Å². The number of pyridine rings is 1. The maximum Gasteiger partial charge on any atom is 0.266 e. The number of methoxy groups -OCH3 is 1. The molecule has 7 nitrogen and oxygen atoms in total. The number of hydrogen-bond donors (Lipinski definition) is 1. The van der Waals surface area contributed by atoms with Crippen molar-refractivity contribution in [3.05, 3.63) is 71.7 Å². The lowest BCUT2D eigenvalue weighted by Crippen LogP contribution is -1.97. The molecule has 5 rings (SSSR count). The van der Waals surface area contributed by atoms with Crippen LogP contribution >= 0.6 is 0 Å². The molecular weight excluding hydrogens is 380 g/mol. The van der Waals surface area contributed by atoms with Gasteiger partial charge in [-0.15, -0.1) is 10.2 Å². The summed E-state index contributed by atoms with van der Waals surface area (Å²) in [5, 5.41) is 10.1. The first kappa shape index (κ1) is 18.3. The van der Waals surface area contributed by atoms with Crippen molar-refractivity contribution in [3.8, 4) is 17.3 Å². The molecule has 0 unspecified atom stereocenters. The van der Waals surface area contributed by atoms with Crippen LogP contribution in [-0.2, 0) is 18.0 Å². The van der Waals surface area contributed by atoms with Crippen LogP contribution in [0.25, 0.3) is 33.4 Å². The van der Waals surface area contributed by atoms with Crippen LogP contribution in [0, 0.1) is 6.92 Å². The summed E-state index contributed by atoms with van der Waals surface area (Å²) in [7, 11) is 1.66. The van der Waals surface area contributed by atoms with Crippen molar-refractivity contribution in [2.24, 2.45) is 0 Å². The molecule has 150 valence electrons. The monoisotopic (exact) mass is 400 g/mol. The summed E-state index contributed by atoms with van der Waals surface area (Å²) in [6.45, 7) is 2.63. The van der Waals surface area contributed by atoms with Crippen LogP contribution in [-0.4, -0.2) is 27.3 Å². The summed E-state index contributed by atoms with van der Waals surface area (Å²) >= 11 is 0. The highest BCUT2D eigenvalue weighted by molar-refractivity contribution is 6.10. The van der Waals surface area contributed by atoms with Crippen LogP contribution in [0.1, 0.15) is 17.0 Å². The van der Waals surface area contributed by atoms with Gasteiger partial charge >= 0.3 is 0 Å². The Morgan fingerprint density at radius 1 is 1.00 bits per heavy atom. The fraction of sp³-hybridized carbons (Fsp3) is 0.174. The lowest BCUT2D eigenvalue weighted by molar-refractivity contribution is 0.186. The minimum atomic E-state index is 0.364. The van der Waals surface area contributed by atoms with Crippen LogP contribution in [0.4, 0.5) is 0 Å². The predicted octanol–water partition coefficient (Wildman–Crippen LogP) is 4.80. The largest absolute Gasteiger partial charge is 0.489 e. The fourth-order valence-electron chi connectivity index (χ4n) is 3.63. The second kappa shape index (κ2) is 7.61. The minimum Gasteiger partial charge on any atom is -0.489 e. The first-order chi connectivity index (χ1) is 14.7. The van der Waals surface area contributed by atoms with Crippen molar-refractivity contribution < 1.29 is 13.9 Å². The zero-order valence-corrected chi connectivity index (χ0v) is 16.7. The highest BCUT2D eigenvalue weighted by Gasteiger charge is 2.19. The summed E-state index contributed by atoms with van der Waals surface area (Å²) in [6, 6.07) is 16.1. The van der Waals surface area contributed by atoms with E-state index >= 15 is 0 Å². The SMILES string of the molecule is COCc1c(-c2nnc(C)o2)ncc2[nH]c3ccc(OCc4ccccc4)cc3c12. The van der Waals surface area contributed by atoms with E-state index in [9.17, 15) is 0 Å². The molecule has 0 fully saturated rings. The summed E-state index contributed by atoms with van der Waals surface area (Å²) in [5.41, 5.74) is 4.55. The van der Waals surface area contributed by atoms with Crippen LogP contribution in [0.15, 0.2) is 59.1 Å². The second-order valence-corrected chi connectivity index (χ2v) is 7.04. The van der Waals surface area contributed by atoms with E-state index in [0.29, 0.717) is 30.7 Å². The quantitative estimate of drug-likeness (QED) is 0.441. The Morgan fingerprint density at radius 3 is 2.63 bits per heavy atom. The number of aromatic nitrogens is 4. The molecule has 1 N–H and O–H groups in total. The predicted molar refractivity (Wildman–Crippen MR) is 113 cm³/mol. The van der Waals surface area contributed by atoms with Crippen molar-refractivity contribution >= 4 is 21.8 Å². The molecule has 2 aromatic carbocycles. The van der Waals surface area contributed by atoms with Crippen molar-refractivity contribution in [1.29, 1.82) is 0 Å². The highest BCUT2D eigenvalue weighted by Crippen LogP contribution is 2.35. The molecule has 30 heavy (non-hydrogen) atoms. The number of aromatic amines is 1. The van der Waals surface area contributed by atoms with Crippen LogP contribution in [0.5, 0.6) is 5.75 Å². The number of nitrogens with one attached hydrogen (secondary N) is 1. The van der Waals surface area contributed by atoms with Gasteiger partial charge < -0.3 is 18.9 Å². The highest BCUT2D eigenvalue weighted by atomic mass is 16.5. The van der Waals surface area contributed by atoms with Gasteiger partial charge in [-0.1, -0.05) is 30.3 Å². The Hall–Kier alpha value is -3.71. The van der Waals surface area contributed by atoms with Gasteiger partial charge in [0.15, 0.2) is 0 Å². The second-order valence-electron chi connectivity index (χ2n) is 7.04. The van der Waals surface area contributed by atoms with Crippen LogP contribution < -0.4 is 4.74 Å². The van der Waals surface area contributed by atoms with E-state index in [2.05, 4.69) is 20.2 Å². The molecule has 0 spiro atoms. The number of hydrogen-bond acceptors (Lipinski definition) is 6. The molecule has 7 heteroatoms. The van der Waals surface area contributed by atoms with E-state index in [4.69, 9.17) is 13.9 Å². The number of nitrogens with zero attached hydrogens (tertiary/aromatic N) is 3. The molecule has 5 aromatic rings. The number of aryl methyl sites for hydroxylation is 1. The maximum atomic E-state index is 6.03. The van der Waals surface area contributed by atoms with Gasteiger partial charge in [0.05, 0.1) is 18.3 Å². The van der Waals surface area contributed by atoms with Gasteiger partial charge in [0.25, 0.3) is 5.89 Å². The van der Waals surface area contributed by atoms with Gasteiger partial charge in [-0.25, -0.2) is 4.98 Å². The lowest BCUT2D eigenvalue weighted by atomic mass is 10.1. The van der Waals surface area contributed by atoms with Crippen molar-refractivity contribution in [1.82, 2.24) is 20.2 Å². The van der Waals surface area contributed by atoms with Gasteiger partial charge in [-0.05, 0) is 23.8 Å². The summed E-state index contributed by atoms with van der Waals surface area (Å²) < 4.78 is 17.1. The van der Waals surface area contributed by atoms with E-state index in [1.807, 2.05) is 48.5 Å². The standard InChI is InChI=1S/C23H20N4O3/c1-14-26-27-23(30-14)22-18(13-28-2)21-17-10-16(29-12-15-6-4-3-5-7-15)8-9-19(17)25-20(21)11-24-22/h3-11,25H,12-13H2,1-2H3. The van der Waals surface area contributed by atoms with Gasteiger partial charge in [0.2, 0.25) is 5.89 Å². The Kier molecular flexibility index (Phi) is 4.65. The summed E-state index contributed by atoms with van der Waals surface area (Å²) in [6.07, 6.45) is 1.79. The molecule has 0 aliphatic carbocycles. The van der Waals surface area contributed by atoms with Crippen LogP contribution in [0.3, 0.4) is 0 Å². The van der Waals surface area contributed by atoms with E-state index in [0.717, 1.165) is 38.7 Å². The number of rotatable bonds is 6. The number of fused-ring (bicyclic) bond motifs is 3. The third kappa shape index (κ3) is 3.29. The Bertz CT molecular complexity index is 1320. The molecule has 3 heterocycles. The van der Waals surface area contributed by atoms with Crippen LogP contribution in [0.2, 0.25) is 0 Å². The van der Waals surface area contributed by atoms with Crippen molar-refractivity contribution in [3.63, 3.8) is 0 Å². The number of H-pyrrole nitrogens is 1. The molecule has 0 radical (unpaired) electrons. The molecular formula is C23H20N4O3. The fourth-order valence-corrected chi connectivity index (χ4v) is 3.63. The number of ether oxygens (including phenoxy) is 2. The molecule has 0 amide bonds. The molecule has 3 aromatic heterocycles. The molecule has 0 aliphatic rings. The van der Waals surface area contributed by atoms with Gasteiger partial charge in [-0.3, -0.25) is 0 Å². The first-order valence-corrected chi connectivity index (χ1v) is 9.62. The van der Waals surface area contributed by atoms with E-state index in [-0.39, 0.29) is 0 Å². The maximum absolute atomic E-state index is 6.03. The average Bonchev–Trinajstić information content (AvgIpc) is 3.36. The minimum absolute atomic E-state index is 0.364. The average molecular weight is 400 g/mol. The smallest absolute Gasteiger partial charge is 0.266 e. The summed E-state index contributed by atoms with van der Waals surface area (Å²) in [4.78, 5) is 7.99. The Labute approximate surface area is 172 Å². The van der Waals surface area contributed by atoms with Gasteiger partial charge in [0, 0.05) is 35.9 Å². The molecule has 0 atom stereocenters. The Balaban J connectivity index is 1.62. The normalized spacial score (nSPS) is 11.4.